The molecule has 0 unspecified atom stereocenters. The highest BCUT2D eigenvalue weighted by atomic mass is 15.2. The molecule has 0 fully saturated rings. The maximum Gasteiger partial charge on any atom is 0.137 e. The summed E-state index contributed by atoms with van der Waals surface area (Å²) in [6.07, 6.45) is 14.8. The number of aromatic nitrogens is 3. The minimum absolute atomic E-state index is 0.991. The molecule has 19 heavy (non-hydrogen) atoms. The highest BCUT2D eigenvalue weighted by Crippen LogP contribution is 2.07. The van der Waals surface area contributed by atoms with E-state index in [2.05, 4.69) is 27.4 Å². The van der Waals surface area contributed by atoms with Gasteiger partial charge < -0.3 is 5.32 Å². The van der Waals surface area contributed by atoms with E-state index in [1.165, 1.54) is 51.4 Å². The Morgan fingerprint density at radius 3 is 2.32 bits per heavy atom. The van der Waals surface area contributed by atoms with E-state index in [1.807, 2.05) is 0 Å². The van der Waals surface area contributed by atoms with Gasteiger partial charge in [0.25, 0.3) is 0 Å². The molecule has 0 aliphatic carbocycles. The van der Waals surface area contributed by atoms with E-state index in [0.29, 0.717) is 0 Å². The molecule has 110 valence electrons. The van der Waals surface area contributed by atoms with Crippen molar-refractivity contribution in [2.24, 2.45) is 0 Å². The van der Waals surface area contributed by atoms with E-state index >= 15 is 0 Å². The van der Waals surface area contributed by atoms with Crippen molar-refractivity contribution in [2.75, 3.05) is 13.1 Å². The van der Waals surface area contributed by atoms with Crippen LogP contribution in [0.4, 0.5) is 0 Å². The molecular formula is C15H30N4. The number of hydrogen-bond donors (Lipinski definition) is 2. The second-order valence-electron chi connectivity index (χ2n) is 5.26. The summed E-state index contributed by atoms with van der Waals surface area (Å²) < 4.78 is 0. The van der Waals surface area contributed by atoms with Crippen molar-refractivity contribution in [3.05, 3.63) is 12.2 Å². The van der Waals surface area contributed by atoms with Crippen LogP contribution in [0.5, 0.6) is 0 Å². The quantitative estimate of drug-likeness (QED) is 0.538. The molecule has 0 aliphatic rings. The first kappa shape index (κ1) is 16.2. The monoisotopic (exact) mass is 266 g/mol. The van der Waals surface area contributed by atoms with Crippen LogP contribution in [0.3, 0.4) is 0 Å². The molecule has 0 radical (unpaired) electrons. The van der Waals surface area contributed by atoms with Crippen LogP contribution >= 0.6 is 0 Å². The van der Waals surface area contributed by atoms with Gasteiger partial charge in [0.15, 0.2) is 0 Å². The minimum Gasteiger partial charge on any atom is -0.317 e. The lowest BCUT2D eigenvalue weighted by atomic mass is 10.1. The molecule has 0 amide bonds. The Balaban J connectivity index is 1.72. The van der Waals surface area contributed by atoms with Crippen molar-refractivity contribution < 1.29 is 0 Å². The summed E-state index contributed by atoms with van der Waals surface area (Å²) in [4.78, 5) is 4.11. The fraction of sp³-hybridized carbons (Fsp3) is 0.867. The SMILES string of the molecule is CCCCCCCCCCNCCCc1ncn[nH]1. The van der Waals surface area contributed by atoms with E-state index in [4.69, 9.17) is 0 Å². The fourth-order valence-corrected chi connectivity index (χ4v) is 2.24. The zero-order chi connectivity index (χ0) is 13.6. The van der Waals surface area contributed by atoms with Crippen molar-refractivity contribution in [1.29, 1.82) is 0 Å². The smallest absolute Gasteiger partial charge is 0.137 e. The van der Waals surface area contributed by atoms with Gasteiger partial charge in [0.2, 0.25) is 0 Å². The Labute approximate surface area is 117 Å². The molecule has 0 atom stereocenters. The maximum absolute atomic E-state index is 4.11. The average Bonchev–Trinajstić information content (AvgIpc) is 2.93. The van der Waals surface area contributed by atoms with Crippen LogP contribution in [0, 0.1) is 0 Å². The summed E-state index contributed by atoms with van der Waals surface area (Å²) in [6.45, 7) is 4.51. The lowest BCUT2D eigenvalue weighted by Crippen LogP contribution is -2.17. The maximum atomic E-state index is 4.11. The summed E-state index contributed by atoms with van der Waals surface area (Å²) in [5.74, 6) is 0.994. The second kappa shape index (κ2) is 12.2. The zero-order valence-corrected chi connectivity index (χ0v) is 12.5. The first-order chi connectivity index (χ1) is 9.43. The molecule has 0 spiro atoms. The standard InChI is InChI=1S/C15H30N4/c1-2-3-4-5-6-7-8-9-12-16-13-10-11-15-17-14-18-19-15/h14,16H,2-13H2,1H3,(H,17,18,19). The summed E-state index contributed by atoms with van der Waals surface area (Å²) in [6, 6.07) is 0. The fourth-order valence-electron chi connectivity index (χ4n) is 2.24. The normalized spacial score (nSPS) is 11.0. The first-order valence-electron chi connectivity index (χ1n) is 7.98. The van der Waals surface area contributed by atoms with Gasteiger partial charge in [0.1, 0.15) is 12.2 Å². The van der Waals surface area contributed by atoms with Crippen LogP contribution < -0.4 is 5.32 Å². The summed E-state index contributed by atoms with van der Waals surface area (Å²) >= 11 is 0. The van der Waals surface area contributed by atoms with Crippen LogP contribution in [0.15, 0.2) is 6.33 Å². The molecule has 1 heterocycles. The van der Waals surface area contributed by atoms with Crippen LogP contribution in [-0.2, 0) is 6.42 Å². The van der Waals surface area contributed by atoms with Crippen molar-refractivity contribution in [3.8, 4) is 0 Å². The lowest BCUT2D eigenvalue weighted by Gasteiger charge is -2.04. The number of aromatic amines is 1. The highest BCUT2D eigenvalue weighted by Gasteiger charge is 1.95. The van der Waals surface area contributed by atoms with Crippen molar-refractivity contribution in [3.63, 3.8) is 0 Å². The van der Waals surface area contributed by atoms with Crippen molar-refractivity contribution in [1.82, 2.24) is 20.5 Å². The number of H-pyrrole nitrogens is 1. The Morgan fingerprint density at radius 1 is 0.947 bits per heavy atom. The van der Waals surface area contributed by atoms with Gasteiger partial charge in [0, 0.05) is 6.42 Å². The molecule has 2 N–H and O–H groups in total. The predicted octanol–water partition coefficient (Wildman–Crippen LogP) is 3.47. The number of hydrogen-bond acceptors (Lipinski definition) is 3. The number of nitrogens with zero attached hydrogens (tertiary/aromatic N) is 2. The van der Waals surface area contributed by atoms with Gasteiger partial charge in [0.05, 0.1) is 0 Å². The molecule has 4 heteroatoms. The minimum atomic E-state index is 0.991. The van der Waals surface area contributed by atoms with E-state index in [-0.39, 0.29) is 0 Å². The molecule has 1 aromatic heterocycles. The number of nitrogens with one attached hydrogen (secondary N) is 2. The van der Waals surface area contributed by atoms with Crippen LogP contribution in [0.2, 0.25) is 0 Å². The van der Waals surface area contributed by atoms with Gasteiger partial charge in [-0.15, -0.1) is 0 Å². The third kappa shape index (κ3) is 9.65. The van der Waals surface area contributed by atoms with E-state index in [1.54, 1.807) is 6.33 Å². The number of rotatable bonds is 13. The third-order valence-corrected chi connectivity index (χ3v) is 3.44. The van der Waals surface area contributed by atoms with Gasteiger partial charge in [-0.1, -0.05) is 51.9 Å². The third-order valence-electron chi connectivity index (χ3n) is 3.44. The first-order valence-corrected chi connectivity index (χ1v) is 7.98. The van der Waals surface area contributed by atoms with Crippen LogP contribution in [0.1, 0.15) is 70.5 Å². The van der Waals surface area contributed by atoms with Crippen LogP contribution in [0.25, 0.3) is 0 Å². The van der Waals surface area contributed by atoms with Crippen molar-refractivity contribution in [2.45, 2.75) is 71.1 Å². The Kier molecular flexibility index (Phi) is 10.3. The molecule has 4 nitrogen and oxygen atoms in total. The van der Waals surface area contributed by atoms with Crippen molar-refractivity contribution >= 4 is 0 Å². The molecule has 0 bridgehead atoms. The Morgan fingerprint density at radius 2 is 1.63 bits per heavy atom. The van der Waals surface area contributed by atoms with E-state index in [9.17, 15) is 0 Å². The van der Waals surface area contributed by atoms with Crippen LogP contribution in [-0.4, -0.2) is 28.3 Å². The zero-order valence-electron chi connectivity index (χ0n) is 12.5. The molecule has 1 rings (SSSR count). The largest absolute Gasteiger partial charge is 0.317 e. The summed E-state index contributed by atoms with van der Waals surface area (Å²) in [5, 5.41) is 10.2. The predicted molar refractivity (Wildman–Crippen MR) is 80.2 cm³/mol. The highest BCUT2D eigenvalue weighted by molar-refractivity contribution is 4.79. The van der Waals surface area contributed by atoms with E-state index in [0.717, 1.165) is 31.8 Å². The lowest BCUT2D eigenvalue weighted by molar-refractivity contribution is 0.550. The summed E-state index contributed by atoms with van der Waals surface area (Å²) in [5.41, 5.74) is 0. The molecule has 0 saturated heterocycles. The number of unbranched alkanes of at least 4 members (excludes halogenated alkanes) is 7. The van der Waals surface area contributed by atoms with Gasteiger partial charge in [-0.2, -0.15) is 5.10 Å². The molecule has 0 aromatic carbocycles. The number of aryl methyl sites for hydroxylation is 1. The van der Waals surface area contributed by atoms with Gasteiger partial charge in [-0.05, 0) is 25.9 Å². The second-order valence-corrected chi connectivity index (χ2v) is 5.26. The Hall–Kier alpha value is -0.900. The summed E-state index contributed by atoms with van der Waals surface area (Å²) in [7, 11) is 0. The molecule has 0 aliphatic heterocycles. The topological polar surface area (TPSA) is 53.6 Å². The van der Waals surface area contributed by atoms with Gasteiger partial charge in [-0.3, -0.25) is 5.10 Å². The molecular weight excluding hydrogens is 236 g/mol. The average molecular weight is 266 g/mol. The molecule has 1 aromatic rings. The molecule has 0 saturated carbocycles. The van der Waals surface area contributed by atoms with Gasteiger partial charge in [-0.25, -0.2) is 4.98 Å². The Bertz CT molecular complexity index is 272. The van der Waals surface area contributed by atoms with Gasteiger partial charge >= 0.3 is 0 Å². The van der Waals surface area contributed by atoms with E-state index < -0.39 is 0 Å².